The molecule has 0 unspecified atom stereocenters. The summed E-state index contributed by atoms with van der Waals surface area (Å²) in [5.41, 5.74) is -0.575. The minimum Gasteiger partial charge on any atom is -0.489 e. The lowest BCUT2D eigenvalue weighted by molar-refractivity contribution is -0.137. The molecule has 0 spiro atoms. The molecule has 1 amide bonds. The number of anilines is 1. The van der Waals surface area contributed by atoms with E-state index in [-0.39, 0.29) is 23.6 Å². The maximum Gasteiger partial charge on any atom is 0.416 e. The first-order valence-corrected chi connectivity index (χ1v) is 8.31. The highest BCUT2D eigenvalue weighted by Crippen LogP contribution is 2.40. The van der Waals surface area contributed by atoms with Crippen LogP contribution in [0.2, 0.25) is 0 Å². The minimum atomic E-state index is -4.50. The molecule has 0 radical (unpaired) electrons. The van der Waals surface area contributed by atoms with Crippen LogP contribution in [-0.2, 0) is 6.18 Å². The first-order valence-electron chi connectivity index (χ1n) is 8.31. The van der Waals surface area contributed by atoms with Gasteiger partial charge in [-0.15, -0.1) is 0 Å². The Kier molecular flexibility index (Phi) is 4.46. The van der Waals surface area contributed by atoms with Gasteiger partial charge >= 0.3 is 6.18 Å². The summed E-state index contributed by atoms with van der Waals surface area (Å²) in [4.78, 5) is 14.8. The second-order valence-electron chi connectivity index (χ2n) is 7.41. The maximum absolute atomic E-state index is 13.2. The summed E-state index contributed by atoms with van der Waals surface area (Å²) in [7, 11) is 0. The number of carbonyl (C=O) groups is 1. The molecule has 0 fully saturated rings. The number of rotatable bonds is 1. The Balaban J connectivity index is 2.08. The van der Waals surface area contributed by atoms with Gasteiger partial charge in [-0.2, -0.15) is 13.2 Å². The van der Waals surface area contributed by atoms with Crippen LogP contribution in [0, 0.1) is 5.41 Å². The molecule has 0 bridgehead atoms. The number of amides is 1. The summed E-state index contributed by atoms with van der Waals surface area (Å²) in [5.74, 6) is 0.0834. The van der Waals surface area contributed by atoms with Gasteiger partial charge in [0.25, 0.3) is 5.91 Å². The third-order valence-corrected chi connectivity index (χ3v) is 4.49. The van der Waals surface area contributed by atoms with Gasteiger partial charge in [0.05, 0.1) is 17.3 Å². The molecular weight excluding hydrogens is 343 g/mol. The molecule has 1 heterocycles. The minimum absolute atomic E-state index is 0.00535. The van der Waals surface area contributed by atoms with Crippen molar-refractivity contribution in [3.8, 4) is 5.75 Å². The molecule has 1 atom stereocenters. The zero-order valence-corrected chi connectivity index (χ0v) is 14.8. The molecule has 0 N–H and O–H groups in total. The molecule has 0 aromatic heterocycles. The van der Waals surface area contributed by atoms with Crippen molar-refractivity contribution in [2.45, 2.75) is 33.0 Å². The Morgan fingerprint density at radius 2 is 1.77 bits per heavy atom. The van der Waals surface area contributed by atoms with E-state index in [0.29, 0.717) is 11.4 Å². The topological polar surface area (TPSA) is 29.5 Å². The number of hydrogen-bond donors (Lipinski definition) is 0. The second-order valence-corrected chi connectivity index (χ2v) is 7.41. The van der Waals surface area contributed by atoms with Crippen LogP contribution < -0.4 is 9.64 Å². The molecule has 3 rings (SSSR count). The highest BCUT2D eigenvalue weighted by molar-refractivity contribution is 6.07. The quantitative estimate of drug-likeness (QED) is 0.700. The van der Waals surface area contributed by atoms with E-state index in [0.717, 1.165) is 12.1 Å². The maximum atomic E-state index is 13.2. The molecule has 1 aliphatic rings. The van der Waals surface area contributed by atoms with Crippen molar-refractivity contribution in [1.29, 1.82) is 0 Å². The monoisotopic (exact) mass is 363 g/mol. The van der Waals surface area contributed by atoms with Crippen LogP contribution in [0.5, 0.6) is 5.75 Å². The van der Waals surface area contributed by atoms with E-state index in [1.807, 2.05) is 20.8 Å². The number of carbonyl (C=O) groups excluding carboxylic acids is 1. The van der Waals surface area contributed by atoms with Gasteiger partial charge in [0.2, 0.25) is 0 Å². The fraction of sp³-hybridized carbons (Fsp3) is 0.350. The fourth-order valence-electron chi connectivity index (χ4n) is 3.05. The second kappa shape index (κ2) is 6.34. The number of halogens is 3. The molecule has 6 heteroatoms. The number of ether oxygens (including phenoxy) is 1. The van der Waals surface area contributed by atoms with E-state index in [2.05, 4.69) is 0 Å². The molecule has 26 heavy (non-hydrogen) atoms. The van der Waals surface area contributed by atoms with Gasteiger partial charge in [-0.25, -0.2) is 0 Å². The predicted octanol–water partition coefficient (Wildman–Crippen LogP) is 5.16. The third-order valence-electron chi connectivity index (χ3n) is 4.49. The molecule has 2 aromatic rings. The van der Waals surface area contributed by atoms with Gasteiger partial charge in [0, 0.05) is 5.56 Å². The molecule has 1 aliphatic heterocycles. The smallest absolute Gasteiger partial charge is 0.416 e. The van der Waals surface area contributed by atoms with Crippen LogP contribution in [0.1, 0.15) is 36.7 Å². The average molecular weight is 363 g/mol. The van der Waals surface area contributed by atoms with Gasteiger partial charge < -0.3 is 4.74 Å². The molecule has 0 aliphatic carbocycles. The van der Waals surface area contributed by atoms with Crippen LogP contribution >= 0.6 is 0 Å². The molecular formula is C20H20F3NO2. The average Bonchev–Trinajstić information content (AvgIpc) is 2.58. The van der Waals surface area contributed by atoms with Gasteiger partial charge in [-0.1, -0.05) is 39.0 Å². The largest absolute Gasteiger partial charge is 0.489 e. The van der Waals surface area contributed by atoms with Gasteiger partial charge in [-0.3, -0.25) is 9.69 Å². The van der Waals surface area contributed by atoms with E-state index in [4.69, 9.17) is 4.74 Å². The van der Waals surface area contributed by atoms with Crippen molar-refractivity contribution < 1.29 is 22.7 Å². The zero-order chi connectivity index (χ0) is 19.1. The number of nitrogens with zero attached hydrogens (tertiary/aromatic N) is 1. The molecule has 2 aromatic carbocycles. The van der Waals surface area contributed by atoms with Crippen LogP contribution in [0.4, 0.5) is 18.9 Å². The number of benzene rings is 2. The van der Waals surface area contributed by atoms with Gasteiger partial charge in [0.1, 0.15) is 12.4 Å². The van der Waals surface area contributed by atoms with Crippen LogP contribution in [-0.4, -0.2) is 18.6 Å². The van der Waals surface area contributed by atoms with Crippen molar-refractivity contribution in [3.63, 3.8) is 0 Å². The van der Waals surface area contributed by atoms with Crippen molar-refractivity contribution in [1.82, 2.24) is 0 Å². The highest BCUT2D eigenvalue weighted by Gasteiger charge is 2.40. The Hall–Kier alpha value is -2.50. The standard InChI is InChI=1S/C20H20F3NO2/c1-19(2,3)17-12-26-16-10-5-4-9-15(16)24(17)18(25)13-7-6-8-14(11-13)20(21,22)23/h4-11,17H,12H2,1-3H3/t17-/m1/s1. The third kappa shape index (κ3) is 3.41. The van der Waals surface area contributed by atoms with Gasteiger partial charge in [-0.05, 0) is 35.7 Å². The van der Waals surface area contributed by atoms with E-state index < -0.39 is 17.6 Å². The van der Waals surface area contributed by atoms with Crippen LogP contribution in [0.15, 0.2) is 48.5 Å². The molecule has 3 nitrogen and oxygen atoms in total. The number of fused-ring (bicyclic) bond motifs is 1. The summed E-state index contributed by atoms with van der Waals surface area (Å²) in [5, 5.41) is 0. The number of hydrogen-bond acceptors (Lipinski definition) is 2. The number of para-hydroxylation sites is 2. The van der Waals surface area contributed by atoms with E-state index in [9.17, 15) is 18.0 Å². The van der Waals surface area contributed by atoms with Crippen molar-refractivity contribution in [2.24, 2.45) is 5.41 Å². The Morgan fingerprint density at radius 1 is 1.08 bits per heavy atom. The predicted molar refractivity (Wildman–Crippen MR) is 93.4 cm³/mol. The summed E-state index contributed by atoms with van der Waals surface area (Å²) in [6.45, 7) is 6.20. The lowest BCUT2D eigenvalue weighted by atomic mass is 9.84. The normalized spacial score (nSPS) is 17.5. The lowest BCUT2D eigenvalue weighted by Crippen LogP contribution is -2.53. The van der Waals surface area contributed by atoms with Crippen LogP contribution in [0.3, 0.4) is 0 Å². The summed E-state index contributed by atoms with van der Waals surface area (Å²) < 4.78 is 44.9. The molecule has 0 saturated carbocycles. The van der Waals surface area contributed by atoms with Crippen molar-refractivity contribution >= 4 is 11.6 Å². The highest BCUT2D eigenvalue weighted by atomic mass is 19.4. The summed E-state index contributed by atoms with van der Waals surface area (Å²) in [6, 6.07) is 11.3. The van der Waals surface area contributed by atoms with E-state index >= 15 is 0 Å². The Labute approximate surface area is 150 Å². The molecule has 138 valence electrons. The summed E-state index contributed by atoms with van der Waals surface area (Å²) >= 11 is 0. The zero-order valence-electron chi connectivity index (χ0n) is 14.8. The molecule has 0 saturated heterocycles. The first kappa shape index (κ1) is 18.3. The summed E-state index contributed by atoms with van der Waals surface area (Å²) in [6.07, 6.45) is -4.50. The fourth-order valence-corrected chi connectivity index (χ4v) is 3.05. The van der Waals surface area contributed by atoms with Crippen molar-refractivity contribution in [3.05, 3.63) is 59.7 Å². The Bertz CT molecular complexity index is 824. The SMILES string of the molecule is CC(C)(C)[C@H]1COc2ccccc2N1C(=O)c1cccc(C(F)(F)F)c1. The van der Waals surface area contributed by atoms with E-state index in [1.54, 1.807) is 29.2 Å². The van der Waals surface area contributed by atoms with Crippen molar-refractivity contribution in [2.75, 3.05) is 11.5 Å². The number of alkyl halides is 3. The van der Waals surface area contributed by atoms with Gasteiger partial charge in [0.15, 0.2) is 0 Å². The van der Waals surface area contributed by atoms with E-state index in [1.165, 1.54) is 12.1 Å². The Morgan fingerprint density at radius 3 is 2.42 bits per heavy atom. The first-order chi connectivity index (χ1) is 12.1. The van der Waals surface area contributed by atoms with Crippen LogP contribution in [0.25, 0.3) is 0 Å². The lowest BCUT2D eigenvalue weighted by Gasteiger charge is -2.43.